The molecule has 3 heterocycles. The van der Waals surface area contributed by atoms with E-state index in [-0.39, 0.29) is 0 Å². The maximum absolute atomic E-state index is 5.34. The van der Waals surface area contributed by atoms with Crippen molar-refractivity contribution in [3.05, 3.63) is 46.0 Å². The van der Waals surface area contributed by atoms with Crippen molar-refractivity contribution in [3.63, 3.8) is 0 Å². The predicted molar refractivity (Wildman–Crippen MR) is 99.7 cm³/mol. The third-order valence-corrected chi connectivity index (χ3v) is 5.52. The molecule has 5 nitrogen and oxygen atoms in total. The van der Waals surface area contributed by atoms with E-state index in [4.69, 9.17) is 4.42 Å². The number of rotatable bonds is 6. The van der Waals surface area contributed by atoms with Crippen LogP contribution in [-0.2, 0) is 19.4 Å². The van der Waals surface area contributed by atoms with Crippen molar-refractivity contribution in [2.24, 2.45) is 4.99 Å². The molecule has 2 N–H and O–H groups in total. The van der Waals surface area contributed by atoms with E-state index in [1.54, 1.807) is 11.1 Å². The molecule has 2 aromatic heterocycles. The standard InChI is InChI=1S/C18H26N4OS/c1-14(22-9-6-17-15(13-22)7-11-24-17)12-21-18(19-2)20-8-5-16-4-3-10-23-16/h3-4,7,10-11,14H,5-6,8-9,12-13H2,1-2H3,(H2,19,20,21). The van der Waals surface area contributed by atoms with Crippen LogP contribution >= 0.6 is 11.3 Å². The predicted octanol–water partition coefficient (Wildman–Crippen LogP) is 2.50. The van der Waals surface area contributed by atoms with Crippen LogP contribution in [0.4, 0.5) is 0 Å². The lowest BCUT2D eigenvalue weighted by Crippen LogP contribution is -2.47. The van der Waals surface area contributed by atoms with Gasteiger partial charge in [-0.25, -0.2) is 0 Å². The maximum atomic E-state index is 5.34. The van der Waals surface area contributed by atoms with Crippen molar-refractivity contribution in [2.45, 2.75) is 32.4 Å². The van der Waals surface area contributed by atoms with Gasteiger partial charge in [0.05, 0.1) is 6.26 Å². The highest BCUT2D eigenvalue weighted by Crippen LogP contribution is 2.24. The number of nitrogens with zero attached hydrogens (tertiary/aromatic N) is 2. The molecule has 0 amide bonds. The van der Waals surface area contributed by atoms with Crippen LogP contribution in [0.5, 0.6) is 0 Å². The number of fused-ring (bicyclic) bond motifs is 1. The van der Waals surface area contributed by atoms with Gasteiger partial charge in [0, 0.05) is 50.6 Å². The number of aliphatic imine (C=N–C) groups is 1. The molecule has 3 rings (SSSR count). The van der Waals surface area contributed by atoms with Gasteiger partial charge in [0.25, 0.3) is 0 Å². The Morgan fingerprint density at radius 3 is 3.12 bits per heavy atom. The summed E-state index contributed by atoms with van der Waals surface area (Å²) in [6, 6.07) is 6.65. The minimum atomic E-state index is 0.474. The van der Waals surface area contributed by atoms with E-state index in [2.05, 4.69) is 38.9 Å². The van der Waals surface area contributed by atoms with Gasteiger partial charge in [0.15, 0.2) is 5.96 Å². The van der Waals surface area contributed by atoms with Crippen LogP contribution in [0.25, 0.3) is 0 Å². The molecular formula is C18H26N4OS. The van der Waals surface area contributed by atoms with Gasteiger partial charge in [-0.05, 0) is 42.5 Å². The molecule has 1 aliphatic rings. The molecule has 0 bridgehead atoms. The molecule has 0 fully saturated rings. The van der Waals surface area contributed by atoms with Crippen molar-refractivity contribution in [1.29, 1.82) is 0 Å². The third-order valence-electron chi connectivity index (χ3n) is 4.49. The van der Waals surface area contributed by atoms with Crippen LogP contribution in [0.15, 0.2) is 39.3 Å². The average Bonchev–Trinajstić information content (AvgIpc) is 3.28. The fourth-order valence-electron chi connectivity index (χ4n) is 3.00. The van der Waals surface area contributed by atoms with E-state index in [0.29, 0.717) is 6.04 Å². The lowest BCUT2D eigenvalue weighted by molar-refractivity contribution is 0.192. The molecule has 0 aliphatic carbocycles. The molecule has 2 aromatic rings. The smallest absolute Gasteiger partial charge is 0.191 e. The topological polar surface area (TPSA) is 52.8 Å². The minimum Gasteiger partial charge on any atom is -0.469 e. The molecule has 130 valence electrons. The first kappa shape index (κ1) is 17.0. The summed E-state index contributed by atoms with van der Waals surface area (Å²) in [6.07, 6.45) is 3.74. The average molecular weight is 347 g/mol. The number of guanidine groups is 1. The van der Waals surface area contributed by atoms with Gasteiger partial charge < -0.3 is 15.1 Å². The molecule has 1 atom stereocenters. The maximum Gasteiger partial charge on any atom is 0.191 e. The zero-order chi connectivity index (χ0) is 16.8. The highest BCUT2D eigenvalue weighted by atomic mass is 32.1. The van der Waals surface area contributed by atoms with Crippen LogP contribution in [-0.4, -0.2) is 43.6 Å². The summed E-state index contributed by atoms with van der Waals surface area (Å²) in [5.74, 6) is 1.84. The largest absolute Gasteiger partial charge is 0.469 e. The SMILES string of the molecule is CN=C(NCCc1ccco1)NCC(C)N1CCc2sccc2C1. The van der Waals surface area contributed by atoms with Crippen molar-refractivity contribution in [3.8, 4) is 0 Å². The number of hydrogen-bond acceptors (Lipinski definition) is 4. The summed E-state index contributed by atoms with van der Waals surface area (Å²) in [6.45, 7) is 6.18. The summed E-state index contributed by atoms with van der Waals surface area (Å²) < 4.78 is 5.34. The second-order valence-corrected chi connectivity index (χ2v) is 7.15. The first-order valence-corrected chi connectivity index (χ1v) is 9.40. The molecule has 1 unspecified atom stereocenters. The van der Waals surface area contributed by atoms with E-state index in [1.807, 2.05) is 30.5 Å². The number of thiophene rings is 1. The second kappa shape index (κ2) is 8.35. The Labute approximate surface area is 147 Å². The van der Waals surface area contributed by atoms with E-state index in [9.17, 15) is 0 Å². The fraction of sp³-hybridized carbons (Fsp3) is 0.500. The minimum absolute atomic E-state index is 0.474. The number of nitrogens with one attached hydrogen (secondary N) is 2. The molecule has 24 heavy (non-hydrogen) atoms. The molecule has 1 aliphatic heterocycles. The normalized spacial score (nSPS) is 16.7. The van der Waals surface area contributed by atoms with Crippen LogP contribution in [0, 0.1) is 0 Å². The monoisotopic (exact) mass is 346 g/mol. The number of furan rings is 1. The van der Waals surface area contributed by atoms with Gasteiger partial charge in [-0.2, -0.15) is 0 Å². The Hall–Kier alpha value is -1.79. The van der Waals surface area contributed by atoms with Crippen LogP contribution in [0.1, 0.15) is 23.1 Å². The molecule has 0 aromatic carbocycles. The van der Waals surface area contributed by atoms with Gasteiger partial charge in [0.2, 0.25) is 0 Å². The van der Waals surface area contributed by atoms with E-state index >= 15 is 0 Å². The quantitative estimate of drug-likeness (QED) is 0.623. The van der Waals surface area contributed by atoms with Crippen LogP contribution in [0.2, 0.25) is 0 Å². The number of hydrogen-bond donors (Lipinski definition) is 2. The third kappa shape index (κ3) is 4.39. The lowest BCUT2D eigenvalue weighted by Gasteiger charge is -2.32. The summed E-state index contributed by atoms with van der Waals surface area (Å²) in [7, 11) is 1.81. The second-order valence-electron chi connectivity index (χ2n) is 6.15. The van der Waals surface area contributed by atoms with E-state index in [0.717, 1.165) is 44.3 Å². The highest BCUT2D eigenvalue weighted by molar-refractivity contribution is 7.10. The molecule has 0 spiro atoms. The highest BCUT2D eigenvalue weighted by Gasteiger charge is 2.21. The van der Waals surface area contributed by atoms with Crippen molar-refractivity contribution < 1.29 is 4.42 Å². The Bertz CT molecular complexity index is 650. The Morgan fingerprint density at radius 2 is 2.33 bits per heavy atom. The first-order valence-electron chi connectivity index (χ1n) is 8.52. The van der Waals surface area contributed by atoms with Crippen LogP contribution in [0.3, 0.4) is 0 Å². The summed E-state index contributed by atoms with van der Waals surface area (Å²) >= 11 is 1.89. The van der Waals surface area contributed by atoms with E-state index in [1.165, 1.54) is 12.0 Å². The van der Waals surface area contributed by atoms with Crippen LogP contribution < -0.4 is 10.6 Å². The van der Waals surface area contributed by atoms with Gasteiger partial charge in [-0.3, -0.25) is 9.89 Å². The summed E-state index contributed by atoms with van der Waals surface area (Å²) in [5, 5.41) is 8.98. The fourth-order valence-corrected chi connectivity index (χ4v) is 3.89. The molecule has 0 saturated heterocycles. The van der Waals surface area contributed by atoms with Gasteiger partial charge >= 0.3 is 0 Å². The van der Waals surface area contributed by atoms with Crippen molar-refractivity contribution in [1.82, 2.24) is 15.5 Å². The molecule has 0 radical (unpaired) electrons. The van der Waals surface area contributed by atoms with Crippen molar-refractivity contribution >= 4 is 17.3 Å². The Kier molecular flexibility index (Phi) is 5.93. The Balaban J connectivity index is 1.40. The zero-order valence-corrected chi connectivity index (χ0v) is 15.2. The summed E-state index contributed by atoms with van der Waals surface area (Å²) in [5.41, 5.74) is 1.50. The van der Waals surface area contributed by atoms with E-state index < -0.39 is 0 Å². The molecule has 6 heteroatoms. The summed E-state index contributed by atoms with van der Waals surface area (Å²) in [4.78, 5) is 8.40. The molecule has 0 saturated carbocycles. The van der Waals surface area contributed by atoms with Crippen molar-refractivity contribution in [2.75, 3.05) is 26.7 Å². The Morgan fingerprint density at radius 1 is 1.42 bits per heavy atom. The zero-order valence-electron chi connectivity index (χ0n) is 14.4. The lowest BCUT2D eigenvalue weighted by atomic mass is 10.1. The molecular weight excluding hydrogens is 320 g/mol. The first-order chi connectivity index (χ1) is 11.8. The van der Waals surface area contributed by atoms with Gasteiger partial charge in [0.1, 0.15) is 5.76 Å². The van der Waals surface area contributed by atoms with Gasteiger partial charge in [-0.15, -0.1) is 11.3 Å². The van der Waals surface area contributed by atoms with Gasteiger partial charge in [-0.1, -0.05) is 0 Å².